The predicted octanol–water partition coefficient (Wildman–Crippen LogP) is 3.48. The zero-order valence-corrected chi connectivity index (χ0v) is 15.7. The van der Waals surface area contributed by atoms with Gasteiger partial charge in [0.05, 0.1) is 12.2 Å². The van der Waals surface area contributed by atoms with Gasteiger partial charge in [0, 0.05) is 13.0 Å². The first kappa shape index (κ1) is 18.6. The number of carbonyl (C=O) groups is 1. The molecule has 26 heavy (non-hydrogen) atoms. The lowest BCUT2D eigenvalue weighted by molar-refractivity contribution is -0.109. The molecule has 3 rings (SSSR count). The number of carbonyl (C=O) groups excluding carboxylic acids is 1. The third kappa shape index (κ3) is 4.90. The zero-order chi connectivity index (χ0) is 18.4. The lowest BCUT2D eigenvalue weighted by atomic mass is 10.0. The third-order valence-electron chi connectivity index (χ3n) is 5.06. The minimum Gasteiger partial charge on any atom is -0.302 e. The summed E-state index contributed by atoms with van der Waals surface area (Å²) in [5, 5.41) is 3.37. The Morgan fingerprint density at radius 3 is 2.58 bits per heavy atom. The second-order valence-electron chi connectivity index (χ2n) is 7.09. The normalized spacial score (nSPS) is 20.7. The van der Waals surface area contributed by atoms with E-state index in [0.717, 1.165) is 32.1 Å². The van der Waals surface area contributed by atoms with E-state index in [1.807, 2.05) is 0 Å². The summed E-state index contributed by atoms with van der Waals surface area (Å²) >= 11 is 0. The fraction of sp³-hybridized carbons (Fsp3) is 0.348. The monoisotopic (exact) mass is 348 g/mol. The number of aryl methyl sites for hydroxylation is 1. The van der Waals surface area contributed by atoms with Crippen molar-refractivity contribution in [2.45, 2.75) is 38.4 Å². The van der Waals surface area contributed by atoms with Gasteiger partial charge in [0.15, 0.2) is 0 Å². The average molecular weight is 348 g/mol. The van der Waals surface area contributed by atoms with Crippen LogP contribution in [-0.4, -0.2) is 37.0 Å². The molecule has 0 saturated carbocycles. The summed E-state index contributed by atoms with van der Waals surface area (Å²) < 4.78 is 0. The molecule has 3 nitrogen and oxygen atoms in total. The second-order valence-corrected chi connectivity index (χ2v) is 7.09. The quantitative estimate of drug-likeness (QED) is 0.778. The molecule has 1 saturated heterocycles. The number of likely N-dealkylation sites (N-methyl/N-ethyl adjacent to an activating group) is 1. The summed E-state index contributed by atoms with van der Waals surface area (Å²) in [6, 6.07) is 17.4. The van der Waals surface area contributed by atoms with E-state index in [1.54, 1.807) is 0 Å². The first-order valence-corrected chi connectivity index (χ1v) is 9.43. The molecule has 1 fully saturated rings. The highest BCUT2D eigenvalue weighted by Gasteiger charge is 2.27. The van der Waals surface area contributed by atoms with Crippen LogP contribution in [0.3, 0.4) is 0 Å². The number of nitrogens with zero attached hydrogens (tertiary/aromatic N) is 1. The van der Waals surface area contributed by atoms with Gasteiger partial charge in [-0.25, -0.2) is 0 Å². The predicted molar refractivity (Wildman–Crippen MR) is 108 cm³/mol. The maximum absolute atomic E-state index is 11.0. The van der Waals surface area contributed by atoms with E-state index in [0.29, 0.717) is 0 Å². The molecule has 1 aliphatic heterocycles. The molecule has 136 valence electrons. The number of aldehydes is 1. The van der Waals surface area contributed by atoms with Crippen LogP contribution in [0.2, 0.25) is 0 Å². The maximum atomic E-state index is 11.0. The maximum Gasteiger partial charge on any atom is 0.138 e. The van der Waals surface area contributed by atoms with Crippen molar-refractivity contribution in [2.75, 3.05) is 13.6 Å². The van der Waals surface area contributed by atoms with E-state index in [9.17, 15) is 4.79 Å². The average Bonchev–Trinajstić information content (AvgIpc) is 3.02. The number of benzene rings is 2. The van der Waals surface area contributed by atoms with Crippen molar-refractivity contribution < 1.29 is 4.79 Å². The Hall–Kier alpha value is -2.23. The molecule has 1 heterocycles. The van der Waals surface area contributed by atoms with Gasteiger partial charge in [-0.1, -0.05) is 67.6 Å². The van der Waals surface area contributed by atoms with E-state index < -0.39 is 0 Å². The molecule has 2 aromatic carbocycles. The highest BCUT2D eigenvalue weighted by atomic mass is 16.1. The Bertz CT molecular complexity index is 751. The molecule has 0 bridgehead atoms. The summed E-state index contributed by atoms with van der Waals surface area (Å²) in [6.07, 6.45) is 8.58. The van der Waals surface area contributed by atoms with Crippen molar-refractivity contribution in [1.29, 1.82) is 0 Å². The van der Waals surface area contributed by atoms with Crippen molar-refractivity contribution >= 4 is 12.4 Å². The van der Waals surface area contributed by atoms with Crippen molar-refractivity contribution in [3.05, 3.63) is 76.9 Å². The zero-order valence-electron chi connectivity index (χ0n) is 15.7. The molecule has 2 unspecified atom stereocenters. The Morgan fingerprint density at radius 1 is 1.12 bits per heavy atom. The Balaban J connectivity index is 1.59. The van der Waals surface area contributed by atoms with Gasteiger partial charge in [-0.2, -0.15) is 0 Å². The van der Waals surface area contributed by atoms with Gasteiger partial charge < -0.3 is 4.79 Å². The molecule has 0 aromatic heterocycles. The Kier molecular flexibility index (Phi) is 6.37. The largest absolute Gasteiger partial charge is 0.302 e. The summed E-state index contributed by atoms with van der Waals surface area (Å²) in [6.45, 7) is 2.96. The summed E-state index contributed by atoms with van der Waals surface area (Å²) in [5.74, 6) is 0. The number of rotatable bonds is 7. The molecule has 0 spiro atoms. The van der Waals surface area contributed by atoms with Crippen LogP contribution >= 0.6 is 0 Å². The number of hydrogen-bond acceptors (Lipinski definition) is 3. The van der Waals surface area contributed by atoms with Crippen LogP contribution in [0.15, 0.2) is 54.6 Å². The van der Waals surface area contributed by atoms with E-state index in [2.05, 4.69) is 84.9 Å². The van der Waals surface area contributed by atoms with E-state index in [-0.39, 0.29) is 12.2 Å². The SMILES string of the molecule is CCc1ccc(CC=Cc2cccc(CC3NC(C=O)CN3C)c2)cc1. The van der Waals surface area contributed by atoms with Crippen LogP contribution in [0.1, 0.15) is 29.2 Å². The Labute approximate surface area is 156 Å². The topological polar surface area (TPSA) is 32.3 Å². The molecule has 2 aromatic rings. The molecule has 0 aliphatic carbocycles. The van der Waals surface area contributed by atoms with Gasteiger partial charge in [-0.15, -0.1) is 0 Å². The van der Waals surface area contributed by atoms with Crippen molar-refractivity contribution in [3.63, 3.8) is 0 Å². The highest BCUT2D eigenvalue weighted by molar-refractivity contribution is 5.58. The first-order chi connectivity index (χ1) is 12.7. The highest BCUT2D eigenvalue weighted by Crippen LogP contribution is 2.15. The van der Waals surface area contributed by atoms with Gasteiger partial charge in [-0.05, 0) is 42.1 Å². The van der Waals surface area contributed by atoms with Crippen LogP contribution in [0.5, 0.6) is 0 Å². The summed E-state index contributed by atoms with van der Waals surface area (Å²) in [7, 11) is 2.06. The van der Waals surface area contributed by atoms with E-state index >= 15 is 0 Å². The lowest BCUT2D eigenvalue weighted by Gasteiger charge is -2.19. The molecular formula is C23H28N2O. The van der Waals surface area contributed by atoms with Crippen LogP contribution in [0.4, 0.5) is 0 Å². The van der Waals surface area contributed by atoms with Crippen molar-refractivity contribution in [2.24, 2.45) is 0 Å². The summed E-state index contributed by atoms with van der Waals surface area (Å²) in [5.41, 5.74) is 5.23. The first-order valence-electron chi connectivity index (χ1n) is 9.43. The van der Waals surface area contributed by atoms with E-state index in [1.165, 1.54) is 22.3 Å². The van der Waals surface area contributed by atoms with Crippen molar-refractivity contribution in [1.82, 2.24) is 10.2 Å². The van der Waals surface area contributed by atoms with Crippen molar-refractivity contribution in [3.8, 4) is 0 Å². The second kappa shape index (κ2) is 8.93. The van der Waals surface area contributed by atoms with Gasteiger partial charge in [-0.3, -0.25) is 10.2 Å². The summed E-state index contributed by atoms with van der Waals surface area (Å²) in [4.78, 5) is 13.2. The van der Waals surface area contributed by atoms with Gasteiger partial charge in [0.2, 0.25) is 0 Å². The fourth-order valence-corrected chi connectivity index (χ4v) is 3.45. The molecule has 0 amide bonds. The molecule has 2 atom stereocenters. The van der Waals surface area contributed by atoms with E-state index in [4.69, 9.17) is 0 Å². The minimum atomic E-state index is -0.0489. The standard InChI is InChI=1S/C23H28N2O/c1-3-18-10-12-19(13-11-18)6-4-7-20-8-5-9-21(14-20)15-23-24-22(17-26)16-25(23)2/h4-5,7-14,17,22-24H,3,6,15-16H2,1-2H3. The molecule has 3 heteroatoms. The van der Waals surface area contributed by atoms with Crippen LogP contribution in [0, 0.1) is 0 Å². The Morgan fingerprint density at radius 2 is 1.88 bits per heavy atom. The number of hydrogen-bond donors (Lipinski definition) is 1. The molecule has 0 radical (unpaired) electrons. The minimum absolute atomic E-state index is 0.0489. The molecular weight excluding hydrogens is 320 g/mol. The van der Waals surface area contributed by atoms with Crippen LogP contribution < -0.4 is 5.32 Å². The van der Waals surface area contributed by atoms with Gasteiger partial charge in [0.1, 0.15) is 6.29 Å². The van der Waals surface area contributed by atoms with Gasteiger partial charge >= 0.3 is 0 Å². The molecule has 1 N–H and O–H groups in total. The fourth-order valence-electron chi connectivity index (χ4n) is 3.45. The molecule has 1 aliphatic rings. The van der Waals surface area contributed by atoms with Crippen LogP contribution in [-0.2, 0) is 24.1 Å². The smallest absolute Gasteiger partial charge is 0.138 e. The lowest BCUT2D eigenvalue weighted by Crippen LogP contribution is -2.36. The number of nitrogens with one attached hydrogen (secondary N) is 1. The number of allylic oxidation sites excluding steroid dienone is 1. The third-order valence-corrected chi connectivity index (χ3v) is 5.06. The van der Waals surface area contributed by atoms with Gasteiger partial charge in [0.25, 0.3) is 0 Å². The van der Waals surface area contributed by atoms with Crippen LogP contribution in [0.25, 0.3) is 6.08 Å².